The summed E-state index contributed by atoms with van der Waals surface area (Å²) in [6.45, 7) is 5.44. The first-order valence-corrected chi connectivity index (χ1v) is 15.9. The Bertz CT molecular complexity index is 1340. The second-order valence-corrected chi connectivity index (χ2v) is 13.0. The molecule has 0 unspecified atom stereocenters. The number of allylic oxidation sites excluding steroid dienone is 1. The van der Waals surface area contributed by atoms with Crippen molar-refractivity contribution >= 4 is 56.9 Å². The van der Waals surface area contributed by atoms with Gasteiger partial charge in [0.1, 0.15) is 29.8 Å². The van der Waals surface area contributed by atoms with Crippen LogP contribution >= 0.6 is 27.5 Å². The number of nitrogens with one attached hydrogen (secondary N) is 1. The van der Waals surface area contributed by atoms with Crippen molar-refractivity contribution in [3.63, 3.8) is 0 Å². The SMILES string of the molecule is CC[C@H](C)[C@H](CO)N1C(=O)[C@H]2[C@@H]3C(=O)O[C@H](C)CNC(=O)CC/C=C\CN(c4ccc(Cl)cc4)C(=O)[C@H]1[C@@]21C=C(Br)[C@@H]3O1. The minimum Gasteiger partial charge on any atom is -0.460 e. The van der Waals surface area contributed by atoms with Gasteiger partial charge >= 0.3 is 5.97 Å². The van der Waals surface area contributed by atoms with E-state index in [0.717, 1.165) is 0 Å². The van der Waals surface area contributed by atoms with Gasteiger partial charge in [-0.25, -0.2) is 0 Å². The number of cyclic esters (lactones) is 1. The van der Waals surface area contributed by atoms with Crippen molar-refractivity contribution in [1.29, 1.82) is 0 Å². The molecule has 4 aliphatic heterocycles. The van der Waals surface area contributed by atoms with Crippen LogP contribution in [0.4, 0.5) is 5.69 Å². The second kappa shape index (κ2) is 12.7. The van der Waals surface area contributed by atoms with E-state index in [-0.39, 0.29) is 37.9 Å². The Morgan fingerprint density at radius 2 is 1.88 bits per heavy atom. The molecule has 2 saturated heterocycles. The van der Waals surface area contributed by atoms with Crippen LogP contribution in [0.2, 0.25) is 5.02 Å². The van der Waals surface area contributed by atoms with Gasteiger partial charge in [0, 0.05) is 28.2 Å². The monoisotopic (exact) mass is 677 g/mol. The van der Waals surface area contributed by atoms with E-state index in [9.17, 15) is 24.3 Å². The largest absolute Gasteiger partial charge is 0.460 e. The average Bonchev–Trinajstić information content (AvgIpc) is 3.57. The van der Waals surface area contributed by atoms with E-state index in [2.05, 4.69) is 21.2 Å². The summed E-state index contributed by atoms with van der Waals surface area (Å²) in [6.07, 6.45) is 5.21. The number of aliphatic hydroxyl groups excluding tert-OH is 1. The fourth-order valence-electron chi connectivity index (χ4n) is 6.65. The molecular formula is C31H37BrClN3O7. The topological polar surface area (TPSA) is 125 Å². The van der Waals surface area contributed by atoms with Gasteiger partial charge in [-0.05, 0) is 49.6 Å². The number of esters is 1. The third kappa shape index (κ3) is 5.65. The summed E-state index contributed by atoms with van der Waals surface area (Å²) in [5, 5.41) is 13.9. The van der Waals surface area contributed by atoms with Crippen molar-refractivity contribution < 1.29 is 33.8 Å². The maximum atomic E-state index is 14.9. The Morgan fingerprint density at radius 3 is 2.56 bits per heavy atom. The number of ether oxygens (including phenoxy) is 2. The number of benzene rings is 1. The van der Waals surface area contributed by atoms with Gasteiger partial charge in [0.05, 0.1) is 25.1 Å². The molecule has 8 atom stereocenters. The van der Waals surface area contributed by atoms with Gasteiger partial charge in [0.15, 0.2) is 0 Å². The van der Waals surface area contributed by atoms with Crippen molar-refractivity contribution in [3.05, 3.63) is 52.0 Å². The summed E-state index contributed by atoms with van der Waals surface area (Å²) in [4.78, 5) is 58.4. The molecule has 5 bridgehead atoms. The van der Waals surface area contributed by atoms with Crippen LogP contribution in [0, 0.1) is 17.8 Å². The first-order valence-electron chi connectivity index (χ1n) is 14.7. The van der Waals surface area contributed by atoms with Crippen molar-refractivity contribution in [2.24, 2.45) is 17.8 Å². The normalized spacial score (nSPS) is 33.5. The standard InChI is InChI=1S/C31H37BrClN3O7/c1-4-17(2)22(16-37)36-27-29(40)35(20-11-9-19(33)10-12-20)13-7-5-6-8-23(38)34-15-18(3)42-30(41)24-25(28(36)39)31(27)14-21(32)26(24)43-31/h5,7,9-12,14,17-18,22,24-27,37H,4,6,8,13,15-16H2,1-3H3,(H,34,38)/b7-5-/t17-,18+,22-,24-,25+,26-,27-,31+/m0/s1. The predicted molar refractivity (Wildman–Crippen MR) is 163 cm³/mol. The Balaban J connectivity index is 1.67. The van der Waals surface area contributed by atoms with E-state index in [1.807, 2.05) is 26.0 Å². The second-order valence-electron chi connectivity index (χ2n) is 11.7. The lowest BCUT2D eigenvalue weighted by Crippen LogP contribution is -2.59. The van der Waals surface area contributed by atoms with Crippen LogP contribution in [-0.4, -0.2) is 83.3 Å². The van der Waals surface area contributed by atoms with Crippen LogP contribution < -0.4 is 10.2 Å². The molecule has 43 heavy (non-hydrogen) atoms. The zero-order valence-corrected chi connectivity index (χ0v) is 26.7. The number of hydrogen-bond acceptors (Lipinski definition) is 7. The van der Waals surface area contributed by atoms with Crippen molar-refractivity contribution in [1.82, 2.24) is 10.2 Å². The molecule has 0 saturated carbocycles. The molecular weight excluding hydrogens is 642 g/mol. The van der Waals surface area contributed by atoms with E-state index in [1.165, 1.54) is 4.90 Å². The molecule has 12 heteroatoms. The molecule has 5 rings (SSSR count). The smallest absolute Gasteiger partial charge is 0.313 e. The minimum atomic E-state index is -1.47. The summed E-state index contributed by atoms with van der Waals surface area (Å²) < 4.78 is 12.8. The highest BCUT2D eigenvalue weighted by molar-refractivity contribution is 9.11. The van der Waals surface area contributed by atoms with Crippen molar-refractivity contribution in [2.45, 2.75) is 69.9 Å². The number of carbonyl (C=O) groups excluding carboxylic acids is 4. The van der Waals surface area contributed by atoms with Crippen LogP contribution in [0.25, 0.3) is 0 Å². The quantitative estimate of drug-likeness (QED) is 0.362. The summed E-state index contributed by atoms with van der Waals surface area (Å²) in [5.74, 6) is -3.92. The Morgan fingerprint density at radius 1 is 1.16 bits per heavy atom. The molecule has 0 radical (unpaired) electrons. The highest BCUT2D eigenvalue weighted by Crippen LogP contribution is 2.59. The van der Waals surface area contributed by atoms with Gasteiger partial charge < -0.3 is 29.7 Å². The Labute approximate surface area is 264 Å². The number of halogens is 2. The molecule has 1 spiro atoms. The molecule has 3 amide bonds. The number of hydrogen-bond donors (Lipinski definition) is 2. The molecule has 10 nitrogen and oxygen atoms in total. The number of fused-ring (bicyclic) bond motifs is 2. The maximum absolute atomic E-state index is 14.9. The third-order valence-electron chi connectivity index (χ3n) is 9.02. The summed E-state index contributed by atoms with van der Waals surface area (Å²) >= 11 is 9.71. The molecule has 4 aliphatic rings. The van der Waals surface area contributed by atoms with Gasteiger partial charge in [-0.1, -0.05) is 60.0 Å². The fourth-order valence-corrected chi connectivity index (χ4v) is 7.51. The molecule has 2 N–H and O–H groups in total. The van der Waals surface area contributed by atoms with Crippen LogP contribution in [0.15, 0.2) is 47.0 Å². The number of likely N-dealkylation sites (tertiary alicyclic amines) is 1. The maximum Gasteiger partial charge on any atom is 0.313 e. The van der Waals surface area contributed by atoms with Gasteiger partial charge in [0.2, 0.25) is 11.8 Å². The Hall–Kier alpha value is -2.73. The van der Waals surface area contributed by atoms with Crippen LogP contribution in [-0.2, 0) is 28.7 Å². The fraction of sp³-hybridized carbons (Fsp3) is 0.548. The predicted octanol–water partition coefficient (Wildman–Crippen LogP) is 3.35. The number of anilines is 1. The van der Waals surface area contributed by atoms with Gasteiger partial charge in [-0.2, -0.15) is 0 Å². The highest BCUT2D eigenvalue weighted by atomic mass is 79.9. The first kappa shape index (κ1) is 31.7. The average molecular weight is 679 g/mol. The van der Waals surface area contributed by atoms with E-state index >= 15 is 0 Å². The summed E-state index contributed by atoms with van der Waals surface area (Å²) in [5.41, 5.74) is -0.923. The molecule has 1 aromatic rings. The summed E-state index contributed by atoms with van der Waals surface area (Å²) in [7, 11) is 0. The lowest BCUT2D eigenvalue weighted by Gasteiger charge is -2.40. The van der Waals surface area contributed by atoms with Crippen molar-refractivity contribution in [3.8, 4) is 0 Å². The van der Waals surface area contributed by atoms with Crippen LogP contribution in [0.3, 0.4) is 0 Å². The van der Waals surface area contributed by atoms with E-state index in [0.29, 0.717) is 28.0 Å². The lowest BCUT2D eigenvalue weighted by molar-refractivity contribution is -0.159. The van der Waals surface area contributed by atoms with Gasteiger partial charge in [-0.15, -0.1) is 0 Å². The molecule has 4 heterocycles. The van der Waals surface area contributed by atoms with Gasteiger partial charge in [-0.3, -0.25) is 19.2 Å². The highest BCUT2D eigenvalue weighted by Gasteiger charge is 2.75. The molecule has 0 aromatic heterocycles. The molecule has 1 aromatic carbocycles. The lowest BCUT2D eigenvalue weighted by atomic mass is 9.74. The van der Waals surface area contributed by atoms with E-state index in [4.69, 9.17) is 21.1 Å². The number of nitrogens with zero attached hydrogens (tertiary/aromatic N) is 2. The van der Waals surface area contributed by atoms with Crippen molar-refractivity contribution in [2.75, 3.05) is 24.6 Å². The van der Waals surface area contributed by atoms with E-state index < -0.39 is 59.5 Å². The minimum absolute atomic E-state index is 0.117. The van der Waals surface area contributed by atoms with E-state index in [1.54, 1.807) is 42.2 Å². The molecule has 232 valence electrons. The number of rotatable bonds is 5. The first-order chi connectivity index (χ1) is 20.5. The third-order valence-corrected chi connectivity index (χ3v) is 9.95. The van der Waals surface area contributed by atoms with Crippen LogP contribution in [0.5, 0.6) is 0 Å². The van der Waals surface area contributed by atoms with Gasteiger partial charge in [0.25, 0.3) is 5.91 Å². The molecule has 2 fully saturated rings. The summed E-state index contributed by atoms with van der Waals surface area (Å²) in [6, 6.07) is 4.93. The van der Waals surface area contributed by atoms with Crippen LogP contribution in [0.1, 0.15) is 40.0 Å². The number of aliphatic hydroxyl groups is 1. The number of amides is 3. The zero-order valence-electron chi connectivity index (χ0n) is 24.4. The number of carbonyl (C=O) groups is 4. The zero-order chi connectivity index (χ0) is 31.1. The Kier molecular flexibility index (Phi) is 9.37. The molecule has 0 aliphatic carbocycles.